The largest absolute Gasteiger partial charge is 0.493 e. The zero-order valence-corrected chi connectivity index (χ0v) is 13.4. The number of hydrogen-bond donors (Lipinski definition) is 2. The molecule has 1 aromatic rings. The van der Waals surface area contributed by atoms with Crippen LogP contribution in [0.15, 0.2) is 21.5 Å². The first-order valence-corrected chi connectivity index (χ1v) is 7.46. The van der Waals surface area contributed by atoms with E-state index in [9.17, 15) is 4.79 Å². The average molecular weight is 357 g/mol. The zero-order chi connectivity index (χ0) is 14.7. The highest BCUT2D eigenvalue weighted by Gasteiger charge is 2.22. The van der Waals surface area contributed by atoms with Gasteiger partial charge in [-0.25, -0.2) is 0 Å². The molecule has 1 heterocycles. The Balaban J connectivity index is 2.41. The van der Waals surface area contributed by atoms with Gasteiger partial charge in [0.2, 0.25) is 0 Å². The molecule has 7 heteroatoms. The second-order valence-electron chi connectivity index (χ2n) is 3.85. The molecule has 1 aromatic carbocycles. The Morgan fingerprint density at radius 3 is 2.75 bits per heavy atom. The maximum Gasteiger partial charge on any atom is 0.264 e. The van der Waals surface area contributed by atoms with Crippen LogP contribution in [-0.4, -0.2) is 24.8 Å². The van der Waals surface area contributed by atoms with Crippen LogP contribution < -0.4 is 14.8 Å². The molecule has 0 atom stereocenters. The van der Waals surface area contributed by atoms with Gasteiger partial charge in [-0.3, -0.25) is 10.2 Å². The molecule has 2 N–H and O–H groups in total. The molecule has 1 aliphatic heterocycles. The number of ether oxygens (including phenoxy) is 2. The number of methoxy groups -OCH3 is 1. The monoisotopic (exact) mass is 356 g/mol. The Morgan fingerprint density at radius 2 is 2.20 bits per heavy atom. The summed E-state index contributed by atoms with van der Waals surface area (Å²) in [5.41, 5.74) is 0.793. The van der Waals surface area contributed by atoms with E-state index in [0.717, 1.165) is 21.8 Å². The van der Waals surface area contributed by atoms with Gasteiger partial charge >= 0.3 is 0 Å². The van der Waals surface area contributed by atoms with Gasteiger partial charge in [0.1, 0.15) is 0 Å². The van der Waals surface area contributed by atoms with Crippen molar-refractivity contribution in [2.24, 2.45) is 0 Å². The van der Waals surface area contributed by atoms with Crippen LogP contribution in [0.3, 0.4) is 0 Å². The molecule has 1 saturated heterocycles. The summed E-state index contributed by atoms with van der Waals surface area (Å²) in [6.45, 7) is 2.41. The molecule has 0 aromatic heterocycles. The third kappa shape index (κ3) is 3.16. The van der Waals surface area contributed by atoms with Crippen LogP contribution in [-0.2, 0) is 4.79 Å². The number of thioether (sulfide) groups is 1. The van der Waals surface area contributed by atoms with Crippen molar-refractivity contribution in [1.82, 2.24) is 5.32 Å². The van der Waals surface area contributed by atoms with E-state index in [1.54, 1.807) is 25.3 Å². The first kappa shape index (κ1) is 14.9. The molecule has 106 valence electrons. The normalized spacial score (nSPS) is 16.4. The minimum atomic E-state index is -0.263. The molecule has 2 rings (SSSR count). The lowest BCUT2D eigenvalue weighted by Crippen LogP contribution is -2.18. The van der Waals surface area contributed by atoms with E-state index >= 15 is 0 Å². The molecule has 0 aliphatic carbocycles. The standard InChI is InChI=1S/C13H13BrN2O3S/c1-3-19-10-4-7(8(14)6-9(10)18-2)5-11-12(17)16-13(15)20-11/h4-6H,3H2,1-2H3,(H2,15,16,17). The number of amidine groups is 1. The third-order valence-electron chi connectivity index (χ3n) is 2.53. The quantitative estimate of drug-likeness (QED) is 0.813. The molecule has 0 spiro atoms. The average Bonchev–Trinajstić information content (AvgIpc) is 2.71. The van der Waals surface area contributed by atoms with Crippen molar-refractivity contribution in [2.75, 3.05) is 13.7 Å². The lowest BCUT2D eigenvalue weighted by molar-refractivity contribution is -0.115. The summed E-state index contributed by atoms with van der Waals surface area (Å²) >= 11 is 4.54. The van der Waals surface area contributed by atoms with E-state index < -0.39 is 0 Å². The van der Waals surface area contributed by atoms with Gasteiger partial charge in [0, 0.05) is 4.47 Å². The lowest BCUT2D eigenvalue weighted by Gasteiger charge is -2.11. The van der Waals surface area contributed by atoms with E-state index in [-0.39, 0.29) is 11.1 Å². The number of carbonyl (C=O) groups excluding carboxylic acids is 1. The lowest BCUT2D eigenvalue weighted by atomic mass is 10.2. The Kier molecular flexibility index (Phi) is 4.72. The molecule has 0 saturated carbocycles. The van der Waals surface area contributed by atoms with E-state index in [4.69, 9.17) is 14.9 Å². The van der Waals surface area contributed by atoms with Gasteiger partial charge in [-0.2, -0.15) is 0 Å². The van der Waals surface area contributed by atoms with Crippen molar-refractivity contribution in [3.63, 3.8) is 0 Å². The van der Waals surface area contributed by atoms with Gasteiger partial charge in [0.25, 0.3) is 5.91 Å². The van der Waals surface area contributed by atoms with E-state index in [1.807, 2.05) is 6.92 Å². The summed E-state index contributed by atoms with van der Waals surface area (Å²) in [4.78, 5) is 12.1. The van der Waals surface area contributed by atoms with Crippen molar-refractivity contribution in [3.8, 4) is 11.5 Å². The van der Waals surface area contributed by atoms with Gasteiger partial charge in [0.15, 0.2) is 16.7 Å². The topological polar surface area (TPSA) is 71.4 Å². The van der Waals surface area contributed by atoms with Gasteiger partial charge in [-0.15, -0.1) is 0 Å². The predicted molar refractivity (Wildman–Crippen MR) is 83.3 cm³/mol. The summed E-state index contributed by atoms with van der Waals surface area (Å²) in [5, 5.41) is 10.0. The van der Waals surface area contributed by atoms with Crippen LogP contribution >= 0.6 is 27.7 Å². The number of benzene rings is 1. The number of amides is 1. The van der Waals surface area contributed by atoms with Gasteiger partial charge < -0.3 is 14.8 Å². The number of rotatable bonds is 4. The summed E-state index contributed by atoms with van der Waals surface area (Å²) < 4.78 is 11.5. The van der Waals surface area contributed by atoms with Crippen molar-refractivity contribution >= 4 is 44.8 Å². The maximum atomic E-state index is 11.6. The van der Waals surface area contributed by atoms with Crippen LogP contribution in [0.25, 0.3) is 6.08 Å². The fourth-order valence-corrected chi connectivity index (χ4v) is 2.80. The number of carbonyl (C=O) groups is 1. The molecule has 1 aliphatic rings. The minimum absolute atomic E-state index is 0.135. The number of nitrogens with one attached hydrogen (secondary N) is 2. The summed E-state index contributed by atoms with van der Waals surface area (Å²) in [6, 6.07) is 3.59. The van der Waals surface area contributed by atoms with Crippen molar-refractivity contribution in [2.45, 2.75) is 6.92 Å². The zero-order valence-electron chi connectivity index (χ0n) is 11.0. The van der Waals surface area contributed by atoms with Crippen molar-refractivity contribution in [3.05, 3.63) is 27.1 Å². The van der Waals surface area contributed by atoms with Crippen LogP contribution in [0, 0.1) is 5.41 Å². The molecule has 0 bridgehead atoms. The summed E-state index contributed by atoms with van der Waals surface area (Å²) in [6.07, 6.45) is 1.72. The first-order valence-electron chi connectivity index (χ1n) is 5.85. The molecule has 1 amide bonds. The molecule has 1 fully saturated rings. The van der Waals surface area contributed by atoms with E-state index in [1.165, 1.54) is 0 Å². The van der Waals surface area contributed by atoms with Gasteiger partial charge in [-0.1, -0.05) is 15.9 Å². The highest BCUT2D eigenvalue weighted by atomic mass is 79.9. The molecule has 0 radical (unpaired) electrons. The second-order valence-corrected chi connectivity index (χ2v) is 5.76. The minimum Gasteiger partial charge on any atom is -0.493 e. The third-order valence-corrected chi connectivity index (χ3v) is 4.05. The Labute approximate surface area is 129 Å². The van der Waals surface area contributed by atoms with Crippen LogP contribution in [0.1, 0.15) is 12.5 Å². The molecular formula is C13H13BrN2O3S. The Hall–Kier alpha value is -1.47. The van der Waals surface area contributed by atoms with Crippen molar-refractivity contribution < 1.29 is 14.3 Å². The van der Waals surface area contributed by atoms with Crippen LogP contribution in [0.4, 0.5) is 0 Å². The Morgan fingerprint density at radius 1 is 1.45 bits per heavy atom. The highest BCUT2D eigenvalue weighted by molar-refractivity contribution is 9.10. The van der Waals surface area contributed by atoms with Crippen LogP contribution in [0.5, 0.6) is 11.5 Å². The SMILES string of the molecule is CCOc1cc(C=C2SC(=N)NC2=O)c(Br)cc1OC. The molecular weight excluding hydrogens is 344 g/mol. The fourth-order valence-electron chi connectivity index (χ4n) is 1.67. The second kappa shape index (κ2) is 6.32. The number of hydrogen-bond acceptors (Lipinski definition) is 5. The predicted octanol–water partition coefficient (Wildman–Crippen LogP) is 3.00. The number of halogens is 1. The fraction of sp³-hybridized carbons (Fsp3) is 0.231. The summed E-state index contributed by atoms with van der Waals surface area (Å²) in [7, 11) is 1.57. The highest BCUT2D eigenvalue weighted by Crippen LogP contribution is 2.36. The van der Waals surface area contributed by atoms with Crippen molar-refractivity contribution in [1.29, 1.82) is 5.41 Å². The smallest absolute Gasteiger partial charge is 0.264 e. The van der Waals surface area contributed by atoms with Crippen LogP contribution in [0.2, 0.25) is 0 Å². The van der Waals surface area contributed by atoms with Gasteiger partial charge in [-0.05, 0) is 42.5 Å². The maximum absolute atomic E-state index is 11.6. The first-order chi connectivity index (χ1) is 9.55. The van der Waals surface area contributed by atoms with Gasteiger partial charge in [0.05, 0.1) is 18.6 Å². The van der Waals surface area contributed by atoms with E-state index in [0.29, 0.717) is 23.0 Å². The van der Waals surface area contributed by atoms with E-state index in [2.05, 4.69) is 21.2 Å². The molecule has 5 nitrogen and oxygen atoms in total. The summed E-state index contributed by atoms with van der Waals surface area (Å²) in [5.74, 6) is 0.973. The Bertz CT molecular complexity index is 602. The molecule has 0 unspecified atom stereocenters. The molecule has 20 heavy (non-hydrogen) atoms.